The Morgan fingerprint density at radius 1 is 1.28 bits per heavy atom. The minimum atomic E-state index is -0.590. The second kappa shape index (κ2) is 8.54. The molecule has 0 radical (unpaired) electrons. The molecule has 2 rings (SSSR count). The van der Waals surface area contributed by atoms with Gasteiger partial charge in [-0.15, -0.1) is 0 Å². The Balaban J connectivity index is 1.69. The van der Waals surface area contributed by atoms with Gasteiger partial charge in [-0.25, -0.2) is 4.79 Å². The van der Waals surface area contributed by atoms with Crippen LogP contribution in [0.4, 0.5) is 4.79 Å². The van der Waals surface area contributed by atoms with Gasteiger partial charge in [-0.3, -0.25) is 4.79 Å². The van der Waals surface area contributed by atoms with E-state index in [1.807, 2.05) is 24.3 Å². The van der Waals surface area contributed by atoms with Crippen molar-refractivity contribution in [1.29, 1.82) is 0 Å². The molecule has 2 unspecified atom stereocenters. The maximum atomic E-state index is 11.9. The van der Waals surface area contributed by atoms with Crippen molar-refractivity contribution >= 4 is 23.6 Å². The Hall–Kier alpha value is -1.79. The molecule has 2 atom stereocenters. The molecule has 138 valence electrons. The summed E-state index contributed by atoms with van der Waals surface area (Å²) in [5.41, 5.74) is 0.630. The standard InChI is InChI=1S/C18H26ClN3O3/c1-18(2,3)25-17(24)21-11-16(23)22-15-9-14(20-10-15)8-12-4-6-13(19)7-5-12/h4-7,14-15,20H,8-11H2,1-3H3,(H,21,24)(H,22,23). The molecule has 0 saturated carbocycles. The van der Waals surface area contributed by atoms with Crippen LogP contribution < -0.4 is 16.0 Å². The van der Waals surface area contributed by atoms with E-state index in [-0.39, 0.29) is 18.5 Å². The van der Waals surface area contributed by atoms with Crippen LogP contribution in [0.15, 0.2) is 24.3 Å². The average Bonchev–Trinajstić information content (AvgIpc) is 2.93. The molecule has 0 aliphatic carbocycles. The van der Waals surface area contributed by atoms with Gasteiger partial charge < -0.3 is 20.7 Å². The lowest BCUT2D eigenvalue weighted by Crippen LogP contribution is -2.43. The maximum Gasteiger partial charge on any atom is 0.408 e. The fourth-order valence-corrected chi connectivity index (χ4v) is 2.86. The van der Waals surface area contributed by atoms with Gasteiger partial charge in [-0.1, -0.05) is 23.7 Å². The van der Waals surface area contributed by atoms with E-state index < -0.39 is 11.7 Å². The number of rotatable bonds is 5. The van der Waals surface area contributed by atoms with E-state index in [1.54, 1.807) is 20.8 Å². The smallest absolute Gasteiger partial charge is 0.408 e. The van der Waals surface area contributed by atoms with E-state index in [2.05, 4.69) is 16.0 Å². The lowest BCUT2D eigenvalue weighted by Gasteiger charge is -2.20. The zero-order valence-corrected chi connectivity index (χ0v) is 15.7. The number of halogens is 1. The number of benzene rings is 1. The van der Waals surface area contributed by atoms with Crippen molar-refractivity contribution in [1.82, 2.24) is 16.0 Å². The van der Waals surface area contributed by atoms with Crippen LogP contribution in [0.2, 0.25) is 5.02 Å². The summed E-state index contributed by atoms with van der Waals surface area (Å²) < 4.78 is 5.10. The van der Waals surface area contributed by atoms with E-state index in [9.17, 15) is 9.59 Å². The molecule has 1 aromatic carbocycles. The summed E-state index contributed by atoms with van der Waals surface area (Å²) in [6.45, 7) is 5.96. The van der Waals surface area contributed by atoms with Crippen LogP contribution in [0.3, 0.4) is 0 Å². The van der Waals surface area contributed by atoms with Gasteiger partial charge in [0.2, 0.25) is 5.91 Å². The van der Waals surface area contributed by atoms with Crippen LogP contribution in [0, 0.1) is 0 Å². The molecule has 1 aromatic rings. The van der Waals surface area contributed by atoms with E-state index >= 15 is 0 Å². The second-order valence-corrected chi connectivity index (χ2v) is 7.73. The van der Waals surface area contributed by atoms with Crippen LogP contribution in [-0.4, -0.2) is 42.8 Å². The topological polar surface area (TPSA) is 79.5 Å². The highest BCUT2D eigenvalue weighted by molar-refractivity contribution is 6.30. The third kappa shape index (κ3) is 7.32. The van der Waals surface area contributed by atoms with Gasteiger partial charge >= 0.3 is 6.09 Å². The molecule has 0 spiro atoms. The van der Waals surface area contributed by atoms with Crippen LogP contribution >= 0.6 is 11.6 Å². The van der Waals surface area contributed by atoms with Crippen LogP contribution in [-0.2, 0) is 16.0 Å². The molecule has 1 aliphatic heterocycles. The molecule has 1 fully saturated rings. The van der Waals surface area contributed by atoms with Gasteiger partial charge in [0.25, 0.3) is 0 Å². The molecule has 0 aromatic heterocycles. The van der Waals surface area contributed by atoms with Crippen molar-refractivity contribution in [3.63, 3.8) is 0 Å². The number of amides is 2. The summed E-state index contributed by atoms with van der Waals surface area (Å²) >= 11 is 5.89. The minimum absolute atomic E-state index is 0.0604. The first-order chi connectivity index (χ1) is 11.7. The largest absolute Gasteiger partial charge is 0.444 e. The average molecular weight is 368 g/mol. The number of alkyl carbamates (subject to hydrolysis) is 1. The third-order valence-electron chi connectivity index (χ3n) is 3.77. The number of carbonyl (C=O) groups excluding carboxylic acids is 2. The van der Waals surface area contributed by atoms with Crippen molar-refractivity contribution in [3.05, 3.63) is 34.9 Å². The highest BCUT2D eigenvalue weighted by Gasteiger charge is 2.25. The highest BCUT2D eigenvalue weighted by Crippen LogP contribution is 2.15. The van der Waals surface area contributed by atoms with Gasteiger partial charge in [0, 0.05) is 23.7 Å². The number of hydrogen-bond donors (Lipinski definition) is 3. The zero-order chi connectivity index (χ0) is 18.4. The predicted molar refractivity (Wildman–Crippen MR) is 97.7 cm³/mol. The molecule has 2 amide bonds. The van der Waals surface area contributed by atoms with Crippen molar-refractivity contribution in [2.45, 2.75) is 51.3 Å². The maximum absolute atomic E-state index is 11.9. The van der Waals surface area contributed by atoms with Crippen molar-refractivity contribution < 1.29 is 14.3 Å². The van der Waals surface area contributed by atoms with Crippen LogP contribution in [0.25, 0.3) is 0 Å². The number of nitrogens with one attached hydrogen (secondary N) is 3. The molecular weight excluding hydrogens is 342 g/mol. The molecule has 7 heteroatoms. The summed E-state index contributed by atoms with van der Waals surface area (Å²) in [4.78, 5) is 23.5. The summed E-state index contributed by atoms with van der Waals surface area (Å²) in [5.74, 6) is -0.218. The van der Waals surface area contributed by atoms with E-state index in [4.69, 9.17) is 16.3 Å². The van der Waals surface area contributed by atoms with Crippen molar-refractivity contribution in [2.24, 2.45) is 0 Å². The Kier molecular flexibility index (Phi) is 6.67. The van der Waals surface area contributed by atoms with E-state index in [1.165, 1.54) is 5.56 Å². The Labute approximate surface area is 153 Å². The quantitative estimate of drug-likeness (QED) is 0.745. The van der Waals surface area contributed by atoms with E-state index in [0.29, 0.717) is 6.04 Å². The Morgan fingerprint density at radius 3 is 2.60 bits per heavy atom. The van der Waals surface area contributed by atoms with Gasteiger partial charge in [0.1, 0.15) is 12.1 Å². The normalized spacial score (nSPS) is 20.2. The molecule has 3 N–H and O–H groups in total. The molecular formula is C18H26ClN3O3. The summed E-state index contributed by atoms with van der Waals surface area (Å²) in [6, 6.07) is 8.16. The third-order valence-corrected chi connectivity index (χ3v) is 4.03. The Morgan fingerprint density at radius 2 is 1.96 bits per heavy atom. The first-order valence-electron chi connectivity index (χ1n) is 8.45. The number of ether oxygens (including phenoxy) is 1. The zero-order valence-electron chi connectivity index (χ0n) is 14.9. The van der Waals surface area contributed by atoms with Gasteiger partial charge in [-0.2, -0.15) is 0 Å². The van der Waals surface area contributed by atoms with E-state index in [0.717, 1.165) is 24.4 Å². The minimum Gasteiger partial charge on any atom is -0.444 e. The number of carbonyl (C=O) groups is 2. The summed E-state index contributed by atoms with van der Waals surface area (Å²) in [6.07, 6.45) is 1.15. The molecule has 1 heterocycles. The monoisotopic (exact) mass is 367 g/mol. The summed E-state index contributed by atoms with van der Waals surface area (Å²) in [7, 11) is 0. The fraction of sp³-hybridized carbons (Fsp3) is 0.556. The van der Waals surface area contributed by atoms with Gasteiger partial charge in [0.15, 0.2) is 0 Å². The first kappa shape index (κ1) is 19.5. The van der Waals surface area contributed by atoms with Gasteiger partial charge in [-0.05, 0) is 51.3 Å². The van der Waals surface area contributed by atoms with Crippen LogP contribution in [0.5, 0.6) is 0 Å². The molecule has 25 heavy (non-hydrogen) atoms. The molecule has 6 nitrogen and oxygen atoms in total. The Bertz CT molecular complexity index is 599. The SMILES string of the molecule is CC(C)(C)OC(=O)NCC(=O)NC1CNC(Cc2ccc(Cl)cc2)C1. The fourth-order valence-electron chi connectivity index (χ4n) is 2.73. The van der Waals surface area contributed by atoms with Crippen LogP contribution in [0.1, 0.15) is 32.8 Å². The molecule has 0 bridgehead atoms. The van der Waals surface area contributed by atoms with Crippen molar-refractivity contribution in [2.75, 3.05) is 13.1 Å². The number of hydrogen-bond acceptors (Lipinski definition) is 4. The van der Waals surface area contributed by atoms with Gasteiger partial charge in [0.05, 0.1) is 0 Å². The molecule has 1 saturated heterocycles. The lowest BCUT2D eigenvalue weighted by molar-refractivity contribution is -0.120. The highest BCUT2D eigenvalue weighted by atomic mass is 35.5. The lowest BCUT2D eigenvalue weighted by atomic mass is 10.0. The predicted octanol–water partition coefficient (Wildman–Crippen LogP) is 2.25. The van der Waals surface area contributed by atoms with Crippen molar-refractivity contribution in [3.8, 4) is 0 Å². The first-order valence-corrected chi connectivity index (χ1v) is 8.83. The second-order valence-electron chi connectivity index (χ2n) is 7.29. The summed E-state index contributed by atoms with van der Waals surface area (Å²) in [5, 5.41) is 9.53. The molecule has 1 aliphatic rings.